The van der Waals surface area contributed by atoms with E-state index in [-0.39, 0.29) is 30.9 Å². The van der Waals surface area contributed by atoms with Crippen LogP contribution in [-0.2, 0) is 9.59 Å². The van der Waals surface area contributed by atoms with E-state index in [1.165, 1.54) is 23.8 Å². The zero-order valence-corrected chi connectivity index (χ0v) is 16.0. The summed E-state index contributed by atoms with van der Waals surface area (Å²) < 4.78 is 13.2. The normalized spacial score (nSPS) is 11.9. The predicted octanol–water partition coefficient (Wildman–Crippen LogP) is 3.27. The fourth-order valence-corrected chi connectivity index (χ4v) is 2.77. The molecule has 0 heterocycles. The first kappa shape index (κ1) is 20.6. The second-order valence-electron chi connectivity index (χ2n) is 6.67. The Labute approximate surface area is 159 Å². The first-order chi connectivity index (χ1) is 12.9. The van der Waals surface area contributed by atoms with E-state index in [1.54, 1.807) is 18.0 Å². The van der Waals surface area contributed by atoms with Gasteiger partial charge in [-0.15, -0.1) is 0 Å². The van der Waals surface area contributed by atoms with Gasteiger partial charge in [0.1, 0.15) is 5.82 Å². The van der Waals surface area contributed by atoms with Crippen molar-refractivity contribution in [2.24, 2.45) is 0 Å². The average Bonchev–Trinajstić information content (AvgIpc) is 2.60. The van der Waals surface area contributed by atoms with Gasteiger partial charge < -0.3 is 10.6 Å². The third kappa shape index (κ3) is 6.83. The zero-order chi connectivity index (χ0) is 19.8. The monoisotopic (exact) mass is 371 g/mol. The minimum Gasteiger partial charge on any atom is -0.348 e. The molecule has 0 aromatic heterocycles. The summed E-state index contributed by atoms with van der Waals surface area (Å²) in [5.41, 5.74) is 2.62. The predicted molar refractivity (Wildman–Crippen MR) is 105 cm³/mol. The number of anilines is 1. The molecule has 2 aromatic carbocycles. The van der Waals surface area contributed by atoms with Crippen LogP contribution in [0.2, 0.25) is 0 Å². The molecule has 2 amide bonds. The Balaban J connectivity index is 1.83. The maximum Gasteiger partial charge on any atom is 0.238 e. The molecule has 0 aliphatic carbocycles. The van der Waals surface area contributed by atoms with Crippen LogP contribution in [0.4, 0.5) is 10.1 Å². The van der Waals surface area contributed by atoms with Crippen LogP contribution in [0.5, 0.6) is 0 Å². The van der Waals surface area contributed by atoms with Gasteiger partial charge in [-0.3, -0.25) is 14.5 Å². The maximum atomic E-state index is 13.2. The highest BCUT2D eigenvalue weighted by atomic mass is 19.1. The highest BCUT2D eigenvalue weighted by Gasteiger charge is 2.15. The zero-order valence-electron chi connectivity index (χ0n) is 16.0. The van der Waals surface area contributed by atoms with Crippen LogP contribution in [0.1, 0.15) is 30.5 Å². The van der Waals surface area contributed by atoms with Crippen molar-refractivity contribution in [2.45, 2.75) is 26.3 Å². The average molecular weight is 371 g/mol. The van der Waals surface area contributed by atoms with Crippen molar-refractivity contribution >= 4 is 17.5 Å². The topological polar surface area (TPSA) is 61.4 Å². The van der Waals surface area contributed by atoms with Gasteiger partial charge in [0.15, 0.2) is 0 Å². The highest BCUT2D eigenvalue weighted by molar-refractivity contribution is 5.92. The van der Waals surface area contributed by atoms with E-state index in [9.17, 15) is 14.0 Å². The van der Waals surface area contributed by atoms with Gasteiger partial charge in [-0.2, -0.15) is 0 Å². The molecule has 0 aliphatic heterocycles. The molecule has 6 heteroatoms. The van der Waals surface area contributed by atoms with E-state index in [0.29, 0.717) is 5.69 Å². The SMILES string of the molecule is CC[C@@H](NC(=O)CN(C)CC(=O)Nc1cccc(F)c1)c1ccc(C)cc1. The second kappa shape index (κ2) is 9.83. The lowest BCUT2D eigenvalue weighted by atomic mass is 10.0. The van der Waals surface area contributed by atoms with Gasteiger partial charge in [0.05, 0.1) is 19.1 Å². The number of hydrogen-bond donors (Lipinski definition) is 2. The summed E-state index contributed by atoms with van der Waals surface area (Å²) in [5, 5.41) is 5.62. The molecule has 0 bridgehead atoms. The van der Waals surface area contributed by atoms with Crippen LogP contribution in [0.25, 0.3) is 0 Å². The van der Waals surface area contributed by atoms with E-state index in [1.807, 2.05) is 38.1 Å². The van der Waals surface area contributed by atoms with E-state index in [4.69, 9.17) is 0 Å². The Morgan fingerprint density at radius 2 is 1.74 bits per heavy atom. The van der Waals surface area contributed by atoms with Crippen LogP contribution < -0.4 is 10.6 Å². The summed E-state index contributed by atoms with van der Waals surface area (Å²) in [5.74, 6) is -0.868. The van der Waals surface area contributed by atoms with Gasteiger partial charge in [0, 0.05) is 5.69 Å². The van der Waals surface area contributed by atoms with Gasteiger partial charge in [-0.05, 0) is 44.2 Å². The number of aryl methyl sites for hydroxylation is 1. The van der Waals surface area contributed by atoms with Gasteiger partial charge in [0.25, 0.3) is 0 Å². The first-order valence-electron chi connectivity index (χ1n) is 8.97. The molecule has 2 aromatic rings. The van der Waals surface area contributed by atoms with E-state index in [2.05, 4.69) is 10.6 Å². The standard InChI is InChI=1S/C21H26FN3O2/c1-4-19(16-10-8-15(2)9-11-16)24-21(27)14-25(3)13-20(26)23-18-7-5-6-17(22)12-18/h5-12,19H,4,13-14H2,1-3H3,(H,23,26)(H,24,27)/t19-/m1/s1. The van der Waals surface area contributed by atoms with Crippen molar-refractivity contribution in [1.29, 1.82) is 0 Å². The number of nitrogens with zero attached hydrogens (tertiary/aromatic N) is 1. The number of rotatable bonds is 8. The molecule has 27 heavy (non-hydrogen) atoms. The largest absolute Gasteiger partial charge is 0.348 e. The van der Waals surface area contributed by atoms with Crippen LogP contribution in [0, 0.1) is 12.7 Å². The molecule has 1 atom stereocenters. The molecule has 2 N–H and O–H groups in total. The fourth-order valence-electron chi connectivity index (χ4n) is 2.77. The number of carbonyl (C=O) groups is 2. The third-order valence-corrected chi connectivity index (χ3v) is 4.16. The van der Waals surface area contributed by atoms with Crippen molar-refractivity contribution in [3.8, 4) is 0 Å². The molecule has 0 saturated carbocycles. The molecule has 0 radical (unpaired) electrons. The number of carbonyl (C=O) groups excluding carboxylic acids is 2. The summed E-state index contributed by atoms with van der Waals surface area (Å²) in [6, 6.07) is 13.7. The number of likely N-dealkylation sites (N-methyl/N-ethyl adjacent to an activating group) is 1. The summed E-state index contributed by atoms with van der Waals surface area (Å²) in [7, 11) is 1.69. The summed E-state index contributed by atoms with van der Waals surface area (Å²) >= 11 is 0. The second-order valence-corrected chi connectivity index (χ2v) is 6.67. The Hall–Kier alpha value is -2.73. The third-order valence-electron chi connectivity index (χ3n) is 4.16. The quantitative estimate of drug-likeness (QED) is 0.749. The minimum absolute atomic E-state index is 0.0330. The first-order valence-corrected chi connectivity index (χ1v) is 8.97. The summed E-state index contributed by atoms with van der Waals surface area (Å²) in [6.45, 7) is 4.16. The molecule has 144 valence electrons. The van der Waals surface area contributed by atoms with Crippen molar-refractivity contribution in [3.63, 3.8) is 0 Å². The van der Waals surface area contributed by atoms with E-state index >= 15 is 0 Å². The van der Waals surface area contributed by atoms with Crippen molar-refractivity contribution in [3.05, 3.63) is 65.5 Å². The van der Waals surface area contributed by atoms with E-state index in [0.717, 1.165) is 12.0 Å². The fraction of sp³-hybridized carbons (Fsp3) is 0.333. The summed E-state index contributed by atoms with van der Waals surface area (Å²) in [6.07, 6.45) is 0.776. The molecule has 5 nitrogen and oxygen atoms in total. The van der Waals surface area contributed by atoms with Crippen LogP contribution >= 0.6 is 0 Å². The Morgan fingerprint density at radius 1 is 1.07 bits per heavy atom. The number of amides is 2. The van der Waals surface area contributed by atoms with Gasteiger partial charge in [-0.1, -0.05) is 42.8 Å². The number of benzene rings is 2. The van der Waals surface area contributed by atoms with Gasteiger partial charge >= 0.3 is 0 Å². The van der Waals surface area contributed by atoms with Crippen molar-refractivity contribution < 1.29 is 14.0 Å². The summed E-state index contributed by atoms with van der Waals surface area (Å²) in [4.78, 5) is 26.0. The molecule has 0 spiro atoms. The maximum absolute atomic E-state index is 13.2. The number of hydrogen-bond acceptors (Lipinski definition) is 3. The highest BCUT2D eigenvalue weighted by Crippen LogP contribution is 2.17. The molecule has 0 unspecified atom stereocenters. The lowest BCUT2D eigenvalue weighted by Gasteiger charge is -2.21. The van der Waals surface area contributed by atoms with Crippen molar-refractivity contribution in [1.82, 2.24) is 10.2 Å². The van der Waals surface area contributed by atoms with Crippen LogP contribution in [0.15, 0.2) is 48.5 Å². The molecular weight excluding hydrogens is 345 g/mol. The minimum atomic E-state index is -0.415. The lowest BCUT2D eigenvalue weighted by molar-refractivity contribution is -0.123. The Kier molecular flexibility index (Phi) is 7.49. The lowest BCUT2D eigenvalue weighted by Crippen LogP contribution is -2.40. The van der Waals surface area contributed by atoms with Gasteiger partial charge in [0.2, 0.25) is 11.8 Å². The van der Waals surface area contributed by atoms with Crippen LogP contribution in [0.3, 0.4) is 0 Å². The Bertz CT molecular complexity index is 777. The number of halogens is 1. The van der Waals surface area contributed by atoms with Gasteiger partial charge in [-0.25, -0.2) is 4.39 Å². The Morgan fingerprint density at radius 3 is 2.37 bits per heavy atom. The van der Waals surface area contributed by atoms with Crippen molar-refractivity contribution in [2.75, 3.05) is 25.5 Å². The van der Waals surface area contributed by atoms with Crippen LogP contribution in [-0.4, -0.2) is 36.9 Å². The molecular formula is C21H26FN3O2. The van der Waals surface area contributed by atoms with E-state index < -0.39 is 5.82 Å². The molecule has 2 rings (SSSR count). The smallest absolute Gasteiger partial charge is 0.238 e. The molecule has 0 fully saturated rings. The molecule has 0 saturated heterocycles. The number of nitrogens with one attached hydrogen (secondary N) is 2. The molecule has 0 aliphatic rings.